The molecule has 0 fully saturated rings. The lowest BCUT2D eigenvalue weighted by atomic mass is 10.2. The first-order chi connectivity index (χ1) is 13.6. The molecule has 4 aromatic rings. The Labute approximate surface area is 160 Å². The molecule has 0 aliphatic carbocycles. The van der Waals surface area contributed by atoms with E-state index >= 15 is 0 Å². The standard InChI is InChI=1S/C18H19N9O/c1-3-26-13(2)16(11-19-26)20-18(28)15-9-10-25(22-15)12-27-23-17(21-24-27)14-7-5-4-6-8-14/h4-11H,3,12H2,1-2H3,(H,20,28). The largest absolute Gasteiger partial charge is 0.318 e. The second-order valence-electron chi connectivity index (χ2n) is 6.15. The van der Waals surface area contributed by atoms with Crippen molar-refractivity contribution in [2.75, 3.05) is 5.32 Å². The van der Waals surface area contributed by atoms with Gasteiger partial charge in [0, 0.05) is 18.3 Å². The van der Waals surface area contributed by atoms with Crippen LogP contribution < -0.4 is 5.32 Å². The summed E-state index contributed by atoms with van der Waals surface area (Å²) in [5.74, 6) is 0.239. The summed E-state index contributed by atoms with van der Waals surface area (Å²) in [4.78, 5) is 13.9. The zero-order valence-corrected chi connectivity index (χ0v) is 15.5. The molecule has 10 nitrogen and oxygen atoms in total. The molecule has 0 aliphatic rings. The monoisotopic (exact) mass is 377 g/mol. The molecule has 0 saturated heterocycles. The van der Waals surface area contributed by atoms with Crippen molar-refractivity contribution in [3.8, 4) is 11.4 Å². The van der Waals surface area contributed by atoms with Gasteiger partial charge in [-0.3, -0.25) is 9.48 Å². The third kappa shape index (κ3) is 3.52. The Balaban J connectivity index is 1.44. The highest BCUT2D eigenvalue weighted by Crippen LogP contribution is 2.15. The maximum absolute atomic E-state index is 12.4. The summed E-state index contributed by atoms with van der Waals surface area (Å²) in [6.45, 7) is 4.90. The Kier molecular flexibility index (Phi) is 4.67. The number of anilines is 1. The number of nitrogens with zero attached hydrogens (tertiary/aromatic N) is 8. The van der Waals surface area contributed by atoms with Gasteiger partial charge in [-0.25, -0.2) is 4.68 Å². The smallest absolute Gasteiger partial charge is 0.276 e. The molecule has 0 atom stereocenters. The van der Waals surface area contributed by atoms with Gasteiger partial charge in [0.25, 0.3) is 5.91 Å². The maximum Gasteiger partial charge on any atom is 0.276 e. The lowest BCUT2D eigenvalue weighted by Crippen LogP contribution is -2.16. The van der Waals surface area contributed by atoms with Crippen molar-refractivity contribution in [3.05, 3.63) is 60.2 Å². The van der Waals surface area contributed by atoms with E-state index in [0.29, 0.717) is 17.2 Å². The van der Waals surface area contributed by atoms with Crippen LogP contribution in [0, 0.1) is 6.92 Å². The van der Waals surface area contributed by atoms with Gasteiger partial charge in [-0.15, -0.1) is 15.0 Å². The number of nitrogens with one attached hydrogen (secondary N) is 1. The lowest BCUT2D eigenvalue weighted by Gasteiger charge is -2.03. The van der Waals surface area contributed by atoms with E-state index in [2.05, 4.69) is 30.9 Å². The zero-order valence-electron chi connectivity index (χ0n) is 15.5. The van der Waals surface area contributed by atoms with Gasteiger partial charge in [0.1, 0.15) is 0 Å². The number of aryl methyl sites for hydroxylation is 1. The maximum atomic E-state index is 12.4. The number of aromatic nitrogens is 8. The molecular formula is C18H19N9O. The van der Waals surface area contributed by atoms with Crippen LogP contribution >= 0.6 is 0 Å². The third-order valence-electron chi connectivity index (χ3n) is 4.28. The molecule has 0 saturated carbocycles. The molecule has 0 bridgehead atoms. The Bertz CT molecular complexity index is 1090. The first-order valence-electron chi connectivity index (χ1n) is 8.84. The minimum Gasteiger partial charge on any atom is -0.318 e. The van der Waals surface area contributed by atoms with Crippen molar-refractivity contribution in [1.29, 1.82) is 0 Å². The van der Waals surface area contributed by atoms with Crippen LogP contribution in [0.2, 0.25) is 0 Å². The number of carbonyl (C=O) groups is 1. The van der Waals surface area contributed by atoms with E-state index in [1.54, 1.807) is 23.1 Å². The molecule has 0 spiro atoms. The molecule has 0 radical (unpaired) electrons. The molecule has 4 rings (SSSR count). The van der Waals surface area contributed by atoms with Crippen LogP contribution in [0.4, 0.5) is 5.69 Å². The summed E-state index contributed by atoms with van der Waals surface area (Å²) in [7, 11) is 0. The van der Waals surface area contributed by atoms with Crippen LogP contribution in [-0.2, 0) is 13.2 Å². The predicted octanol–water partition coefficient (Wildman–Crippen LogP) is 1.82. The third-order valence-corrected chi connectivity index (χ3v) is 4.28. The van der Waals surface area contributed by atoms with E-state index in [9.17, 15) is 4.79 Å². The van der Waals surface area contributed by atoms with Gasteiger partial charge >= 0.3 is 0 Å². The fourth-order valence-electron chi connectivity index (χ4n) is 2.77. The number of benzene rings is 1. The first-order valence-corrected chi connectivity index (χ1v) is 8.84. The number of hydrogen-bond acceptors (Lipinski definition) is 6. The van der Waals surface area contributed by atoms with Crippen molar-refractivity contribution in [3.63, 3.8) is 0 Å². The average Bonchev–Trinajstić information content (AvgIpc) is 3.44. The number of hydrogen-bond donors (Lipinski definition) is 1. The molecule has 0 aliphatic heterocycles. The highest BCUT2D eigenvalue weighted by molar-refractivity contribution is 6.03. The summed E-state index contributed by atoms with van der Waals surface area (Å²) in [6.07, 6.45) is 3.33. The van der Waals surface area contributed by atoms with Gasteiger partial charge in [-0.1, -0.05) is 30.3 Å². The fraction of sp³-hybridized carbons (Fsp3) is 0.222. The predicted molar refractivity (Wildman–Crippen MR) is 101 cm³/mol. The second-order valence-corrected chi connectivity index (χ2v) is 6.15. The topological polar surface area (TPSA) is 108 Å². The minimum absolute atomic E-state index is 0.250. The molecule has 1 amide bonds. The van der Waals surface area contributed by atoms with E-state index in [0.717, 1.165) is 17.8 Å². The van der Waals surface area contributed by atoms with E-state index in [-0.39, 0.29) is 12.6 Å². The van der Waals surface area contributed by atoms with Crippen molar-refractivity contribution in [2.24, 2.45) is 0 Å². The van der Waals surface area contributed by atoms with Crippen molar-refractivity contribution >= 4 is 11.6 Å². The molecule has 3 aromatic heterocycles. The Morgan fingerprint density at radius 1 is 1.14 bits per heavy atom. The number of tetrazole rings is 1. The molecule has 142 valence electrons. The lowest BCUT2D eigenvalue weighted by molar-refractivity contribution is 0.102. The van der Waals surface area contributed by atoms with Crippen molar-refractivity contribution in [2.45, 2.75) is 27.1 Å². The van der Waals surface area contributed by atoms with E-state index in [1.807, 2.05) is 48.9 Å². The summed E-state index contributed by atoms with van der Waals surface area (Å²) in [6, 6.07) is 11.2. The van der Waals surface area contributed by atoms with Crippen LogP contribution in [0.15, 0.2) is 48.8 Å². The van der Waals surface area contributed by atoms with Crippen LogP contribution in [0.5, 0.6) is 0 Å². The highest BCUT2D eigenvalue weighted by Gasteiger charge is 2.14. The van der Waals surface area contributed by atoms with E-state index < -0.39 is 0 Å². The van der Waals surface area contributed by atoms with Crippen LogP contribution in [-0.4, -0.2) is 45.7 Å². The van der Waals surface area contributed by atoms with Gasteiger partial charge in [0.15, 0.2) is 12.4 Å². The van der Waals surface area contributed by atoms with Crippen molar-refractivity contribution < 1.29 is 4.79 Å². The normalized spacial score (nSPS) is 10.9. The molecule has 0 unspecified atom stereocenters. The Morgan fingerprint density at radius 2 is 1.96 bits per heavy atom. The Hall–Kier alpha value is -3.82. The van der Waals surface area contributed by atoms with Crippen LogP contribution in [0.25, 0.3) is 11.4 Å². The Morgan fingerprint density at radius 3 is 2.71 bits per heavy atom. The fourth-order valence-corrected chi connectivity index (χ4v) is 2.77. The van der Waals surface area contributed by atoms with Gasteiger partial charge in [0.05, 0.1) is 17.6 Å². The zero-order chi connectivity index (χ0) is 19.5. The highest BCUT2D eigenvalue weighted by atomic mass is 16.2. The molecular weight excluding hydrogens is 358 g/mol. The van der Waals surface area contributed by atoms with Gasteiger partial charge < -0.3 is 5.32 Å². The van der Waals surface area contributed by atoms with Crippen LogP contribution in [0.1, 0.15) is 23.1 Å². The van der Waals surface area contributed by atoms with Crippen molar-refractivity contribution in [1.82, 2.24) is 39.8 Å². The second kappa shape index (κ2) is 7.43. The van der Waals surface area contributed by atoms with Gasteiger partial charge in [-0.05, 0) is 25.1 Å². The van der Waals surface area contributed by atoms with E-state index in [1.165, 1.54) is 4.80 Å². The molecule has 3 heterocycles. The number of amides is 1. The summed E-state index contributed by atoms with van der Waals surface area (Å²) >= 11 is 0. The molecule has 1 aromatic carbocycles. The van der Waals surface area contributed by atoms with Crippen LogP contribution in [0.3, 0.4) is 0 Å². The van der Waals surface area contributed by atoms with E-state index in [4.69, 9.17) is 0 Å². The quantitative estimate of drug-likeness (QED) is 0.549. The SMILES string of the molecule is CCn1ncc(NC(=O)c2ccn(Cn3nnc(-c4ccccc4)n3)n2)c1C. The van der Waals surface area contributed by atoms with Gasteiger partial charge in [-0.2, -0.15) is 10.2 Å². The minimum atomic E-state index is -0.297. The first kappa shape index (κ1) is 17.6. The summed E-state index contributed by atoms with van der Waals surface area (Å²) in [5.41, 5.74) is 2.76. The summed E-state index contributed by atoms with van der Waals surface area (Å²) < 4.78 is 3.39. The molecule has 10 heteroatoms. The molecule has 1 N–H and O–H groups in total. The summed E-state index contributed by atoms with van der Waals surface area (Å²) in [5, 5.41) is 23.8. The number of carbonyl (C=O) groups excluding carboxylic acids is 1. The van der Waals surface area contributed by atoms with Gasteiger partial charge in [0.2, 0.25) is 5.82 Å². The average molecular weight is 377 g/mol. The molecule has 28 heavy (non-hydrogen) atoms. The number of rotatable bonds is 6.